The molecule has 0 heterocycles. The first-order valence-electron chi connectivity index (χ1n) is 6.55. The van der Waals surface area contributed by atoms with Gasteiger partial charge in [0.15, 0.2) is 0 Å². The Hall–Kier alpha value is -1.94. The SMILES string of the molecule is C[C@@H](NC(=O)/C=C/c1ccc(F)cc1)c1ccccc1Br. The lowest BCUT2D eigenvalue weighted by atomic mass is 10.1. The van der Waals surface area contributed by atoms with E-state index in [1.165, 1.54) is 18.2 Å². The van der Waals surface area contributed by atoms with Crippen LogP contribution in [-0.4, -0.2) is 5.91 Å². The molecule has 2 aromatic carbocycles. The van der Waals surface area contributed by atoms with Gasteiger partial charge in [-0.3, -0.25) is 4.79 Å². The summed E-state index contributed by atoms with van der Waals surface area (Å²) in [6.45, 7) is 1.92. The normalized spacial score (nSPS) is 12.3. The maximum Gasteiger partial charge on any atom is 0.244 e. The van der Waals surface area contributed by atoms with Crippen molar-refractivity contribution in [3.63, 3.8) is 0 Å². The molecule has 2 nitrogen and oxygen atoms in total. The standard InChI is InChI=1S/C17H15BrFNO/c1-12(15-4-2-3-5-16(15)18)20-17(21)11-8-13-6-9-14(19)10-7-13/h2-12H,1H3,(H,20,21)/b11-8+/t12-/m1/s1. The number of halogens is 2. The highest BCUT2D eigenvalue weighted by atomic mass is 79.9. The molecule has 0 radical (unpaired) electrons. The predicted octanol–water partition coefficient (Wildman–Crippen LogP) is 4.48. The van der Waals surface area contributed by atoms with Crippen LogP contribution in [0.1, 0.15) is 24.1 Å². The summed E-state index contributed by atoms with van der Waals surface area (Å²) in [5, 5.41) is 2.89. The Morgan fingerprint density at radius 3 is 2.52 bits per heavy atom. The van der Waals surface area contributed by atoms with Crippen molar-refractivity contribution >= 4 is 27.9 Å². The van der Waals surface area contributed by atoms with E-state index in [1.54, 1.807) is 18.2 Å². The minimum atomic E-state index is -0.292. The number of nitrogens with one attached hydrogen (secondary N) is 1. The van der Waals surface area contributed by atoms with E-state index in [1.807, 2.05) is 31.2 Å². The van der Waals surface area contributed by atoms with E-state index < -0.39 is 0 Å². The minimum Gasteiger partial charge on any atom is -0.346 e. The molecule has 1 atom stereocenters. The van der Waals surface area contributed by atoms with E-state index in [0.717, 1.165) is 15.6 Å². The molecule has 2 rings (SSSR count). The summed E-state index contributed by atoms with van der Waals surface area (Å²) >= 11 is 3.46. The zero-order chi connectivity index (χ0) is 15.2. The summed E-state index contributed by atoms with van der Waals surface area (Å²) in [6.07, 6.45) is 3.10. The highest BCUT2D eigenvalue weighted by Crippen LogP contribution is 2.22. The molecule has 0 aliphatic heterocycles. The smallest absolute Gasteiger partial charge is 0.244 e. The van der Waals surface area contributed by atoms with E-state index in [0.29, 0.717) is 0 Å². The number of carbonyl (C=O) groups is 1. The molecule has 1 N–H and O–H groups in total. The fourth-order valence-electron chi connectivity index (χ4n) is 1.91. The topological polar surface area (TPSA) is 29.1 Å². The van der Waals surface area contributed by atoms with Crippen LogP contribution in [0, 0.1) is 5.82 Å². The summed E-state index contributed by atoms with van der Waals surface area (Å²) < 4.78 is 13.7. The Kier molecular flexibility index (Phi) is 5.28. The van der Waals surface area contributed by atoms with Gasteiger partial charge in [0.05, 0.1) is 6.04 Å². The van der Waals surface area contributed by atoms with Crippen molar-refractivity contribution in [3.8, 4) is 0 Å². The van der Waals surface area contributed by atoms with Crippen molar-refractivity contribution in [1.29, 1.82) is 0 Å². The van der Waals surface area contributed by atoms with Crippen LogP contribution in [0.25, 0.3) is 6.08 Å². The maximum absolute atomic E-state index is 12.8. The van der Waals surface area contributed by atoms with E-state index in [2.05, 4.69) is 21.2 Å². The first-order valence-corrected chi connectivity index (χ1v) is 7.34. The molecule has 21 heavy (non-hydrogen) atoms. The van der Waals surface area contributed by atoms with Gasteiger partial charge in [-0.05, 0) is 42.3 Å². The molecule has 0 unspecified atom stereocenters. The fourth-order valence-corrected chi connectivity index (χ4v) is 2.54. The van der Waals surface area contributed by atoms with Crippen LogP contribution in [0.5, 0.6) is 0 Å². The fraction of sp³-hybridized carbons (Fsp3) is 0.118. The van der Waals surface area contributed by atoms with Crippen molar-refractivity contribution in [1.82, 2.24) is 5.32 Å². The average Bonchev–Trinajstić information content (AvgIpc) is 2.47. The monoisotopic (exact) mass is 347 g/mol. The predicted molar refractivity (Wildman–Crippen MR) is 86.1 cm³/mol. The summed E-state index contributed by atoms with van der Waals surface area (Å²) in [4.78, 5) is 11.9. The minimum absolute atomic E-state index is 0.106. The first kappa shape index (κ1) is 15.4. The maximum atomic E-state index is 12.8. The van der Waals surface area contributed by atoms with Gasteiger partial charge in [0.1, 0.15) is 5.82 Å². The van der Waals surface area contributed by atoms with Crippen LogP contribution in [0.3, 0.4) is 0 Å². The molecule has 4 heteroatoms. The van der Waals surface area contributed by atoms with Gasteiger partial charge in [-0.1, -0.05) is 46.3 Å². The molecule has 0 fully saturated rings. The Labute approximate surface area is 131 Å². The average molecular weight is 348 g/mol. The van der Waals surface area contributed by atoms with Crippen molar-refractivity contribution in [2.45, 2.75) is 13.0 Å². The third-order valence-corrected chi connectivity index (χ3v) is 3.75. The molecule has 1 amide bonds. The van der Waals surface area contributed by atoms with E-state index >= 15 is 0 Å². The third-order valence-electron chi connectivity index (χ3n) is 3.03. The lowest BCUT2D eigenvalue weighted by Crippen LogP contribution is -2.24. The van der Waals surface area contributed by atoms with Gasteiger partial charge in [0.25, 0.3) is 0 Å². The van der Waals surface area contributed by atoms with Crippen LogP contribution in [0.2, 0.25) is 0 Å². The van der Waals surface area contributed by atoms with Crippen LogP contribution in [-0.2, 0) is 4.79 Å². The van der Waals surface area contributed by atoms with Crippen molar-refractivity contribution in [2.24, 2.45) is 0 Å². The molecule has 0 aromatic heterocycles. The Morgan fingerprint density at radius 1 is 1.19 bits per heavy atom. The molecule has 0 spiro atoms. The van der Waals surface area contributed by atoms with Gasteiger partial charge in [-0.15, -0.1) is 0 Å². The molecule has 0 saturated heterocycles. The van der Waals surface area contributed by atoms with Crippen LogP contribution in [0.15, 0.2) is 59.1 Å². The summed E-state index contributed by atoms with van der Waals surface area (Å²) in [5.74, 6) is -0.485. The number of hydrogen-bond acceptors (Lipinski definition) is 1. The van der Waals surface area contributed by atoms with Gasteiger partial charge in [-0.2, -0.15) is 0 Å². The lowest BCUT2D eigenvalue weighted by Gasteiger charge is -2.14. The van der Waals surface area contributed by atoms with Crippen LogP contribution >= 0.6 is 15.9 Å². The number of rotatable bonds is 4. The highest BCUT2D eigenvalue weighted by molar-refractivity contribution is 9.10. The van der Waals surface area contributed by atoms with Gasteiger partial charge < -0.3 is 5.32 Å². The summed E-state index contributed by atoms with van der Waals surface area (Å²) in [6, 6.07) is 13.6. The number of carbonyl (C=O) groups excluding carboxylic acids is 1. The van der Waals surface area contributed by atoms with Crippen LogP contribution in [0.4, 0.5) is 4.39 Å². The van der Waals surface area contributed by atoms with Crippen molar-refractivity contribution < 1.29 is 9.18 Å². The molecular formula is C17H15BrFNO. The number of hydrogen-bond donors (Lipinski definition) is 1. The van der Waals surface area contributed by atoms with Crippen LogP contribution < -0.4 is 5.32 Å². The Morgan fingerprint density at radius 2 is 1.86 bits per heavy atom. The number of amides is 1. The Balaban J connectivity index is 1.98. The molecule has 108 valence electrons. The second kappa shape index (κ2) is 7.18. The van der Waals surface area contributed by atoms with Gasteiger partial charge >= 0.3 is 0 Å². The molecule has 0 aliphatic carbocycles. The lowest BCUT2D eigenvalue weighted by molar-refractivity contribution is -0.117. The molecule has 0 saturated carbocycles. The molecule has 0 aliphatic rings. The quantitative estimate of drug-likeness (QED) is 0.811. The molecular weight excluding hydrogens is 333 g/mol. The van der Waals surface area contributed by atoms with Gasteiger partial charge in [-0.25, -0.2) is 4.39 Å². The van der Waals surface area contributed by atoms with E-state index in [4.69, 9.17) is 0 Å². The zero-order valence-electron chi connectivity index (χ0n) is 11.5. The molecule has 2 aromatic rings. The third kappa shape index (κ3) is 4.53. The highest BCUT2D eigenvalue weighted by Gasteiger charge is 2.09. The second-order valence-corrected chi connectivity index (χ2v) is 5.49. The summed E-state index contributed by atoms with van der Waals surface area (Å²) in [5.41, 5.74) is 1.79. The Bertz CT molecular complexity index is 652. The van der Waals surface area contributed by atoms with E-state index in [9.17, 15) is 9.18 Å². The van der Waals surface area contributed by atoms with E-state index in [-0.39, 0.29) is 17.8 Å². The molecule has 0 bridgehead atoms. The zero-order valence-corrected chi connectivity index (χ0v) is 13.1. The van der Waals surface area contributed by atoms with Crippen molar-refractivity contribution in [3.05, 3.63) is 76.0 Å². The van der Waals surface area contributed by atoms with Crippen molar-refractivity contribution in [2.75, 3.05) is 0 Å². The first-order chi connectivity index (χ1) is 10.1. The number of benzene rings is 2. The largest absolute Gasteiger partial charge is 0.346 e. The summed E-state index contributed by atoms with van der Waals surface area (Å²) in [7, 11) is 0. The van der Waals surface area contributed by atoms with Gasteiger partial charge in [0, 0.05) is 10.5 Å². The van der Waals surface area contributed by atoms with Gasteiger partial charge in [0.2, 0.25) is 5.91 Å². The second-order valence-electron chi connectivity index (χ2n) is 4.64.